The molecule has 0 saturated carbocycles. The Balaban J connectivity index is 1.96. The molecule has 4 rings (SSSR count). The van der Waals surface area contributed by atoms with Gasteiger partial charge in [0.25, 0.3) is 0 Å². The van der Waals surface area contributed by atoms with E-state index in [0.29, 0.717) is 16.7 Å². The number of aliphatic hydroxyl groups is 1. The van der Waals surface area contributed by atoms with Crippen LogP contribution in [0.3, 0.4) is 0 Å². The van der Waals surface area contributed by atoms with E-state index in [4.69, 9.17) is 0 Å². The zero-order valence-corrected chi connectivity index (χ0v) is 14.9. The highest BCUT2D eigenvalue weighted by molar-refractivity contribution is 6.19. The Hall–Kier alpha value is -3.63. The van der Waals surface area contributed by atoms with Crippen LogP contribution in [0.1, 0.15) is 33.2 Å². The van der Waals surface area contributed by atoms with Gasteiger partial charge in [-0.05, 0) is 29.3 Å². The molecule has 1 atom stereocenters. The Labute approximate surface area is 162 Å². The van der Waals surface area contributed by atoms with Gasteiger partial charge in [-0.2, -0.15) is 0 Å². The molecule has 4 heteroatoms. The lowest BCUT2D eigenvalue weighted by atomic mass is 9.90. The van der Waals surface area contributed by atoms with E-state index in [1.807, 2.05) is 24.3 Å². The Morgan fingerprint density at radius 3 is 1.93 bits per heavy atom. The third-order valence-electron chi connectivity index (χ3n) is 4.84. The number of ketones is 1. The lowest BCUT2D eigenvalue weighted by molar-refractivity contribution is 0.104. The van der Waals surface area contributed by atoms with E-state index < -0.39 is 6.10 Å². The van der Waals surface area contributed by atoms with E-state index in [9.17, 15) is 20.1 Å². The van der Waals surface area contributed by atoms with Crippen LogP contribution in [0.2, 0.25) is 0 Å². The predicted molar refractivity (Wildman–Crippen MR) is 108 cm³/mol. The number of hydrogen-bond acceptors (Lipinski definition) is 4. The minimum atomic E-state index is -1.02. The molecule has 0 aliphatic rings. The van der Waals surface area contributed by atoms with Crippen molar-refractivity contribution in [3.05, 3.63) is 107 Å². The van der Waals surface area contributed by atoms with Crippen molar-refractivity contribution in [2.45, 2.75) is 6.10 Å². The number of benzene rings is 4. The second-order valence-corrected chi connectivity index (χ2v) is 6.56. The van der Waals surface area contributed by atoms with E-state index in [1.54, 1.807) is 42.5 Å². The van der Waals surface area contributed by atoms with Crippen LogP contribution in [0.5, 0.6) is 11.5 Å². The van der Waals surface area contributed by atoms with Crippen molar-refractivity contribution in [2.75, 3.05) is 0 Å². The van der Waals surface area contributed by atoms with Gasteiger partial charge in [-0.3, -0.25) is 4.79 Å². The highest BCUT2D eigenvalue weighted by atomic mass is 16.3. The quantitative estimate of drug-likeness (QED) is 0.460. The molecule has 0 heterocycles. The van der Waals surface area contributed by atoms with Crippen LogP contribution in [-0.4, -0.2) is 21.1 Å². The normalized spacial score (nSPS) is 12.0. The summed E-state index contributed by atoms with van der Waals surface area (Å²) in [7, 11) is 0. The number of rotatable bonds is 4. The summed E-state index contributed by atoms with van der Waals surface area (Å²) in [6.45, 7) is 0. The third-order valence-corrected chi connectivity index (χ3v) is 4.84. The first-order valence-electron chi connectivity index (χ1n) is 8.88. The predicted octanol–water partition coefficient (Wildman–Crippen LogP) is 4.56. The molecule has 0 amide bonds. The molecule has 0 spiro atoms. The van der Waals surface area contributed by atoms with Crippen LogP contribution in [-0.2, 0) is 0 Å². The second kappa shape index (κ2) is 7.18. The van der Waals surface area contributed by atoms with Crippen LogP contribution in [0, 0.1) is 0 Å². The SMILES string of the molecule is O=C(c1ccccc1)c1ccc(O)c2c(C(O)c3ccccc3)ccc(O)c12. The number of fused-ring (bicyclic) bond motifs is 1. The molecule has 0 bridgehead atoms. The lowest BCUT2D eigenvalue weighted by Crippen LogP contribution is -2.05. The maximum atomic E-state index is 13.0. The Morgan fingerprint density at radius 1 is 0.679 bits per heavy atom. The molecule has 3 N–H and O–H groups in total. The van der Waals surface area contributed by atoms with Gasteiger partial charge in [0, 0.05) is 21.9 Å². The molecule has 4 aromatic rings. The van der Waals surface area contributed by atoms with Gasteiger partial charge in [0.2, 0.25) is 0 Å². The summed E-state index contributed by atoms with van der Waals surface area (Å²) in [5.41, 5.74) is 1.80. The molecular weight excluding hydrogens is 352 g/mol. The number of phenolic OH excluding ortho intramolecular Hbond substituents is 2. The standard InChI is InChI=1S/C24H18O4/c25-19-14-12-18(24(28)16-9-5-2-6-10-16)22-20(26)13-11-17(21(19)22)23(27)15-7-3-1-4-8-15/h1-14,23,25-27H. The highest BCUT2D eigenvalue weighted by Crippen LogP contribution is 2.40. The van der Waals surface area contributed by atoms with Crippen LogP contribution < -0.4 is 0 Å². The topological polar surface area (TPSA) is 77.8 Å². The minimum absolute atomic E-state index is 0.111. The van der Waals surface area contributed by atoms with Gasteiger partial charge in [-0.15, -0.1) is 0 Å². The molecule has 4 aromatic carbocycles. The molecular formula is C24H18O4. The van der Waals surface area contributed by atoms with Crippen LogP contribution in [0.25, 0.3) is 10.8 Å². The van der Waals surface area contributed by atoms with E-state index in [-0.39, 0.29) is 33.6 Å². The molecule has 0 aromatic heterocycles. The summed E-state index contributed by atoms with van der Waals surface area (Å²) in [5.74, 6) is -0.512. The van der Waals surface area contributed by atoms with Crippen molar-refractivity contribution < 1.29 is 20.1 Å². The fourth-order valence-corrected chi connectivity index (χ4v) is 3.46. The Morgan fingerprint density at radius 2 is 1.25 bits per heavy atom. The number of hydrogen-bond donors (Lipinski definition) is 3. The van der Waals surface area contributed by atoms with Gasteiger partial charge in [0.05, 0.1) is 0 Å². The molecule has 138 valence electrons. The summed E-state index contributed by atoms with van der Waals surface area (Å²) in [4.78, 5) is 13.0. The summed E-state index contributed by atoms with van der Waals surface area (Å²) in [6.07, 6.45) is -1.02. The average Bonchev–Trinajstić information content (AvgIpc) is 2.75. The Bertz CT molecular complexity index is 1150. The number of phenols is 2. The van der Waals surface area contributed by atoms with Gasteiger partial charge < -0.3 is 15.3 Å². The van der Waals surface area contributed by atoms with Crippen LogP contribution in [0.4, 0.5) is 0 Å². The van der Waals surface area contributed by atoms with Gasteiger partial charge in [-0.1, -0.05) is 66.7 Å². The van der Waals surface area contributed by atoms with Crippen molar-refractivity contribution in [2.24, 2.45) is 0 Å². The van der Waals surface area contributed by atoms with E-state index in [1.165, 1.54) is 18.2 Å². The minimum Gasteiger partial charge on any atom is -0.507 e. The van der Waals surface area contributed by atoms with Crippen molar-refractivity contribution in [3.63, 3.8) is 0 Å². The number of aromatic hydroxyl groups is 2. The van der Waals surface area contributed by atoms with Crippen molar-refractivity contribution in [1.29, 1.82) is 0 Å². The largest absolute Gasteiger partial charge is 0.507 e. The van der Waals surface area contributed by atoms with Gasteiger partial charge in [0.15, 0.2) is 5.78 Å². The fourth-order valence-electron chi connectivity index (χ4n) is 3.46. The molecule has 4 nitrogen and oxygen atoms in total. The first-order valence-corrected chi connectivity index (χ1v) is 8.88. The molecule has 1 unspecified atom stereocenters. The van der Waals surface area contributed by atoms with Gasteiger partial charge in [-0.25, -0.2) is 0 Å². The average molecular weight is 370 g/mol. The van der Waals surface area contributed by atoms with E-state index in [2.05, 4.69) is 0 Å². The van der Waals surface area contributed by atoms with Crippen molar-refractivity contribution >= 4 is 16.6 Å². The monoisotopic (exact) mass is 370 g/mol. The molecule has 28 heavy (non-hydrogen) atoms. The first-order chi connectivity index (χ1) is 13.6. The van der Waals surface area contributed by atoms with Gasteiger partial charge in [0.1, 0.15) is 17.6 Å². The van der Waals surface area contributed by atoms with Crippen molar-refractivity contribution in [1.82, 2.24) is 0 Å². The molecule has 0 aliphatic carbocycles. The van der Waals surface area contributed by atoms with Crippen LogP contribution in [0.15, 0.2) is 84.9 Å². The van der Waals surface area contributed by atoms with E-state index in [0.717, 1.165) is 0 Å². The summed E-state index contributed by atoms with van der Waals surface area (Å²) in [6, 6.07) is 23.7. The highest BCUT2D eigenvalue weighted by Gasteiger charge is 2.22. The maximum absolute atomic E-state index is 13.0. The third kappa shape index (κ3) is 3.00. The Kier molecular flexibility index (Phi) is 4.55. The zero-order valence-electron chi connectivity index (χ0n) is 14.9. The van der Waals surface area contributed by atoms with E-state index >= 15 is 0 Å². The smallest absolute Gasteiger partial charge is 0.193 e. The second-order valence-electron chi connectivity index (χ2n) is 6.56. The fraction of sp³-hybridized carbons (Fsp3) is 0.0417. The zero-order chi connectivity index (χ0) is 19.7. The maximum Gasteiger partial charge on any atom is 0.193 e. The lowest BCUT2D eigenvalue weighted by Gasteiger charge is -2.17. The molecule has 0 saturated heterocycles. The summed E-state index contributed by atoms with van der Waals surface area (Å²) in [5, 5.41) is 32.4. The number of carbonyl (C=O) groups is 1. The molecule has 0 aliphatic heterocycles. The van der Waals surface area contributed by atoms with Crippen LogP contribution >= 0.6 is 0 Å². The summed E-state index contributed by atoms with van der Waals surface area (Å²) < 4.78 is 0. The molecule has 0 radical (unpaired) electrons. The number of carbonyl (C=O) groups excluding carboxylic acids is 1. The first kappa shape index (κ1) is 17.8. The summed E-state index contributed by atoms with van der Waals surface area (Å²) >= 11 is 0. The number of aliphatic hydroxyl groups excluding tert-OH is 1. The van der Waals surface area contributed by atoms with Gasteiger partial charge >= 0.3 is 0 Å². The molecule has 0 fully saturated rings. The van der Waals surface area contributed by atoms with Crippen molar-refractivity contribution in [3.8, 4) is 11.5 Å².